The van der Waals surface area contributed by atoms with Crippen LogP contribution in [0.3, 0.4) is 0 Å². The summed E-state index contributed by atoms with van der Waals surface area (Å²) in [6.07, 6.45) is 1.29. The van der Waals surface area contributed by atoms with Crippen LogP contribution in [0.4, 0.5) is 0 Å². The van der Waals surface area contributed by atoms with Gasteiger partial charge in [0.15, 0.2) is 0 Å². The first-order valence-electron chi connectivity index (χ1n) is 4.49. The van der Waals surface area contributed by atoms with E-state index in [1.54, 1.807) is 3.57 Å². The van der Waals surface area contributed by atoms with Crippen molar-refractivity contribution in [3.8, 4) is 0 Å². The monoisotopic (exact) mass is 402 g/mol. The van der Waals surface area contributed by atoms with Crippen molar-refractivity contribution in [2.75, 3.05) is 0 Å². The molecule has 0 bridgehead atoms. The van der Waals surface area contributed by atoms with Gasteiger partial charge in [0.1, 0.15) is 0 Å². The predicted octanol–water partition coefficient (Wildman–Crippen LogP) is 4.90. The molecule has 2 heteroatoms. The van der Waals surface area contributed by atoms with Gasteiger partial charge in [-0.15, -0.1) is 0 Å². The quantitative estimate of drug-likeness (QED) is 0.499. The first-order valence-corrected chi connectivity index (χ1v) is 12.9. The SMILES string of the molecule is CCC(C)(C)I(I)c1ccccc1. The summed E-state index contributed by atoms with van der Waals surface area (Å²) in [4.78, 5) is 0. The number of benzene rings is 1. The molecule has 1 rings (SSSR count). The first kappa shape index (κ1) is 11.8. The average Bonchev–Trinajstić information content (AvgIpc) is 2.18. The summed E-state index contributed by atoms with van der Waals surface area (Å²) in [5.74, 6) is 0. The molecule has 0 saturated heterocycles. The van der Waals surface area contributed by atoms with Gasteiger partial charge in [0.25, 0.3) is 0 Å². The summed E-state index contributed by atoms with van der Waals surface area (Å²) in [6.45, 7) is 7.10. The molecule has 0 unspecified atom stereocenters. The van der Waals surface area contributed by atoms with E-state index in [9.17, 15) is 0 Å². The number of hydrogen-bond donors (Lipinski definition) is 0. The van der Waals surface area contributed by atoms with Crippen LogP contribution >= 0.6 is 34.5 Å². The van der Waals surface area contributed by atoms with E-state index in [0.29, 0.717) is 3.42 Å². The van der Waals surface area contributed by atoms with Crippen LogP contribution in [0.25, 0.3) is 0 Å². The zero-order valence-electron chi connectivity index (χ0n) is 8.35. The van der Waals surface area contributed by atoms with Crippen molar-refractivity contribution in [2.45, 2.75) is 30.6 Å². The first-order chi connectivity index (χ1) is 6.08. The normalized spacial score (nSPS) is 12.8. The third-order valence-corrected chi connectivity index (χ3v) is 17.9. The minimum atomic E-state index is -0.980. The molecule has 0 heterocycles. The summed E-state index contributed by atoms with van der Waals surface area (Å²) in [5, 5.41) is 0. The molecule has 1 aromatic rings. The van der Waals surface area contributed by atoms with Crippen molar-refractivity contribution in [1.29, 1.82) is 0 Å². The zero-order valence-corrected chi connectivity index (χ0v) is 12.7. The summed E-state index contributed by atoms with van der Waals surface area (Å²) in [6, 6.07) is 11.0. The van der Waals surface area contributed by atoms with Gasteiger partial charge in [-0.3, -0.25) is 0 Å². The van der Waals surface area contributed by atoms with Crippen molar-refractivity contribution < 1.29 is 0 Å². The Balaban J connectivity index is 2.85. The van der Waals surface area contributed by atoms with Crippen LogP contribution in [-0.2, 0) is 0 Å². The fourth-order valence-electron chi connectivity index (χ4n) is 0.938. The Kier molecular flexibility index (Phi) is 4.48. The Morgan fingerprint density at radius 3 is 2.23 bits per heavy atom. The number of hydrogen-bond acceptors (Lipinski definition) is 0. The van der Waals surface area contributed by atoms with Crippen LogP contribution in [0.15, 0.2) is 30.3 Å². The summed E-state index contributed by atoms with van der Waals surface area (Å²) in [5.41, 5.74) is 0. The van der Waals surface area contributed by atoms with Crippen molar-refractivity contribution in [3.05, 3.63) is 33.9 Å². The van der Waals surface area contributed by atoms with Gasteiger partial charge in [-0.25, -0.2) is 0 Å². The Morgan fingerprint density at radius 1 is 1.23 bits per heavy atom. The van der Waals surface area contributed by atoms with Crippen LogP contribution in [-0.4, -0.2) is 3.42 Å². The van der Waals surface area contributed by atoms with Crippen molar-refractivity contribution in [2.24, 2.45) is 0 Å². The molecule has 0 N–H and O–H groups in total. The fraction of sp³-hybridized carbons (Fsp3) is 0.455. The molecular weight excluding hydrogens is 386 g/mol. The number of alkyl halides is 1. The molecule has 0 nitrogen and oxygen atoms in total. The van der Waals surface area contributed by atoms with Gasteiger partial charge in [-0.05, 0) is 0 Å². The van der Waals surface area contributed by atoms with E-state index in [4.69, 9.17) is 0 Å². The summed E-state index contributed by atoms with van der Waals surface area (Å²) < 4.78 is 2.14. The van der Waals surface area contributed by atoms with E-state index in [0.717, 1.165) is 0 Å². The van der Waals surface area contributed by atoms with Gasteiger partial charge in [-0.1, -0.05) is 0 Å². The molecule has 0 aliphatic rings. The minimum absolute atomic E-state index is 0.547. The molecule has 0 radical (unpaired) electrons. The van der Waals surface area contributed by atoms with E-state index in [1.165, 1.54) is 6.42 Å². The van der Waals surface area contributed by atoms with Gasteiger partial charge in [0.05, 0.1) is 0 Å². The van der Waals surface area contributed by atoms with Gasteiger partial charge in [0.2, 0.25) is 0 Å². The molecule has 0 fully saturated rings. The van der Waals surface area contributed by atoms with Crippen LogP contribution in [0.5, 0.6) is 0 Å². The average molecular weight is 402 g/mol. The molecule has 13 heavy (non-hydrogen) atoms. The summed E-state index contributed by atoms with van der Waals surface area (Å²) >= 11 is 1.73. The molecule has 0 spiro atoms. The molecule has 0 aromatic heterocycles. The second-order valence-corrected chi connectivity index (χ2v) is 14.6. The molecule has 0 saturated carbocycles. The fourth-order valence-corrected chi connectivity index (χ4v) is 8.10. The van der Waals surface area contributed by atoms with Crippen LogP contribution < -0.4 is 0 Å². The van der Waals surface area contributed by atoms with Crippen molar-refractivity contribution in [1.82, 2.24) is 0 Å². The zero-order chi connectivity index (χ0) is 9.90. The Morgan fingerprint density at radius 2 is 1.77 bits per heavy atom. The van der Waals surface area contributed by atoms with Crippen LogP contribution in [0.1, 0.15) is 27.2 Å². The standard InChI is InChI=1S/C11H16I2/c1-4-11(2,3)13(12)10-8-6-5-7-9-10/h5-9H,4H2,1-3H3. The molecular formula is C11H16I2. The maximum absolute atomic E-state index is 2.71. The second-order valence-electron chi connectivity index (χ2n) is 3.61. The Labute approximate surface area is 98.1 Å². The van der Waals surface area contributed by atoms with Gasteiger partial charge in [0, 0.05) is 0 Å². The van der Waals surface area contributed by atoms with E-state index in [-0.39, 0.29) is 0 Å². The van der Waals surface area contributed by atoms with Gasteiger partial charge in [-0.2, -0.15) is 0 Å². The van der Waals surface area contributed by atoms with Crippen LogP contribution in [0.2, 0.25) is 0 Å². The van der Waals surface area contributed by atoms with Gasteiger partial charge < -0.3 is 0 Å². The van der Waals surface area contributed by atoms with Crippen molar-refractivity contribution >= 4 is 34.5 Å². The molecule has 0 amide bonds. The van der Waals surface area contributed by atoms with E-state index >= 15 is 0 Å². The van der Waals surface area contributed by atoms with Crippen LogP contribution in [0, 0.1) is 3.57 Å². The molecule has 0 aliphatic heterocycles. The van der Waals surface area contributed by atoms with Crippen molar-refractivity contribution in [3.63, 3.8) is 0 Å². The Bertz CT molecular complexity index is 254. The number of halogens is 2. The molecule has 0 aliphatic carbocycles. The maximum atomic E-state index is 2.71. The van der Waals surface area contributed by atoms with E-state index in [2.05, 4.69) is 69.7 Å². The predicted molar refractivity (Wildman–Crippen MR) is 77.5 cm³/mol. The topological polar surface area (TPSA) is 0 Å². The van der Waals surface area contributed by atoms with Gasteiger partial charge >= 0.3 is 99.0 Å². The molecule has 74 valence electrons. The molecule has 1 aromatic carbocycles. The third-order valence-electron chi connectivity index (χ3n) is 2.21. The third kappa shape index (κ3) is 3.08. The number of rotatable bonds is 3. The summed E-state index contributed by atoms with van der Waals surface area (Å²) in [7, 11) is 0. The second kappa shape index (κ2) is 4.96. The van der Waals surface area contributed by atoms with E-state index in [1.807, 2.05) is 0 Å². The molecule has 0 atom stereocenters. The Hall–Kier alpha value is 0.680. The van der Waals surface area contributed by atoms with E-state index < -0.39 is 15.8 Å².